The Morgan fingerprint density at radius 1 is 1.21 bits per heavy atom. The Morgan fingerprint density at radius 2 is 1.96 bits per heavy atom. The molecule has 1 saturated heterocycles. The van der Waals surface area contributed by atoms with Gasteiger partial charge in [-0.3, -0.25) is 4.79 Å². The van der Waals surface area contributed by atoms with Gasteiger partial charge in [0, 0.05) is 10.6 Å². The first-order chi connectivity index (χ1) is 13.1. The molecule has 0 bridgehead atoms. The molecule has 0 unspecified atom stereocenters. The fourth-order valence-corrected chi connectivity index (χ4v) is 7.56. The molecule has 1 fully saturated rings. The van der Waals surface area contributed by atoms with E-state index >= 15 is 0 Å². The van der Waals surface area contributed by atoms with Crippen LogP contribution in [-0.2, 0) is 19.7 Å². The van der Waals surface area contributed by atoms with E-state index in [9.17, 15) is 21.6 Å². The first-order valence-corrected chi connectivity index (χ1v) is 12.1. The van der Waals surface area contributed by atoms with E-state index in [1.54, 1.807) is 12.1 Å². The quantitative estimate of drug-likeness (QED) is 0.761. The summed E-state index contributed by atoms with van der Waals surface area (Å²) < 4.78 is 54.0. The molecule has 0 aromatic heterocycles. The van der Waals surface area contributed by atoms with Crippen LogP contribution in [0.2, 0.25) is 5.02 Å². The van der Waals surface area contributed by atoms with Crippen molar-refractivity contribution in [2.45, 2.75) is 16.6 Å². The second kappa shape index (κ2) is 7.73. The second-order valence-corrected chi connectivity index (χ2v) is 11.3. The average molecular weight is 444 g/mol. The van der Waals surface area contributed by atoms with Gasteiger partial charge in [0.05, 0.1) is 34.4 Å². The Balaban J connectivity index is 1.87. The summed E-state index contributed by atoms with van der Waals surface area (Å²) in [6, 6.07) is 10.2. The summed E-state index contributed by atoms with van der Waals surface area (Å²) in [6.07, 6.45) is 0.0564. The zero-order chi connectivity index (χ0) is 20.5. The van der Waals surface area contributed by atoms with E-state index in [0.29, 0.717) is 16.5 Å². The number of amides is 1. The molecule has 7 nitrogen and oxygen atoms in total. The van der Waals surface area contributed by atoms with Crippen molar-refractivity contribution in [3.8, 4) is 5.75 Å². The molecule has 150 valence electrons. The van der Waals surface area contributed by atoms with E-state index in [1.165, 1.54) is 37.4 Å². The van der Waals surface area contributed by atoms with E-state index in [-0.39, 0.29) is 22.6 Å². The summed E-state index contributed by atoms with van der Waals surface area (Å²) in [6.45, 7) is 0. The Hall–Kier alpha value is -2.10. The Morgan fingerprint density at radius 3 is 2.61 bits per heavy atom. The molecule has 1 aliphatic rings. The zero-order valence-corrected chi connectivity index (χ0v) is 17.3. The van der Waals surface area contributed by atoms with Gasteiger partial charge in [0.2, 0.25) is 0 Å². The predicted molar refractivity (Wildman–Crippen MR) is 107 cm³/mol. The highest BCUT2D eigenvalue weighted by Gasteiger charge is 2.38. The van der Waals surface area contributed by atoms with Crippen molar-refractivity contribution in [3.63, 3.8) is 0 Å². The van der Waals surface area contributed by atoms with Crippen LogP contribution in [0, 0.1) is 0 Å². The highest BCUT2D eigenvalue weighted by atomic mass is 35.5. The normalized spacial score (nSPS) is 18.6. The molecule has 28 heavy (non-hydrogen) atoms. The number of carbonyl (C=O) groups excluding carboxylic acids is 1. The lowest BCUT2D eigenvalue weighted by molar-refractivity contribution is 0.102. The number of methoxy groups -OCH3 is 1. The molecule has 2 aromatic rings. The average Bonchev–Trinajstić information content (AvgIpc) is 3.02. The zero-order valence-electron chi connectivity index (χ0n) is 14.9. The number of nitrogens with one attached hydrogen (secondary N) is 1. The minimum atomic E-state index is -3.86. The van der Waals surface area contributed by atoms with Crippen molar-refractivity contribution in [2.75, 3.05) is 23.9 Å². The van der Waals surface area contributed by atoms with Crippen LogP contribution in [0.15, 0.2) is 47.4 Å². The molecule has 0 radical (unpaired) electrons. The van der Waals surface area contributed by atoms with Crippen molar-refractivity contribution in [3.05, 3.63) is 53.1 Å². The number of hydrogen-bond donors (Lipinski definition) is 1. The van der Waals surface area contributed by atoms with Gasteiger partial charge in [0.25, 0.3) is 5.91 Å². The maximum Gasteiger partial charge on any atom is 0.255 e. The molecule has 1 aliphatic heterocycles. The molecule has 1 amide bonds. The molecule has 2 aromatic carbocycles. The summed E-state index contributed by atoms with van der Waals surface area (Å²) in [5, 5.41) is 2.04. The van der Waals surface area contributed by atoms with Crippen molar-refractivity contribution < 1.29 is 26.4 Å². The third kappa shape index (κ3) is 4.31. The van der Waals surface area contributed by atoms with Crippen LogP contribution in [-0.4, -0.2) is 46.6 Å². The van der Waals surface area contributed by atoms with Gasteiger partial charge in [0.15, 0.2) is 19.7 Å². The molecule has 0 spiro atoms. The van der Waals surface area contributed by atoms with Gasteiger partial charge in [-0.15, -0.1) is 0 Å². The summed E-state index contributed by atoms with van der Waals surface area (Å²) in [7, 11) is -5.77. The maximum absolute atomic E-state index is 12.8. The standard InChI is InChI=1S/C18H18ClNO6S2/c1-26-17-6-5-13(19)10-16(17)20-18(21)12-3-2-4-14(9-12)28(24,25)15-7-8-27(22,23)11-15/h2-6,9-10,15H,7-8,11H2,1H3,(H,20,21)/t15-/m0/s1. The van der Waals surface area contributed by atoms with Crippen LogP contribution in [0.4, 0.5) is 5.69 Å². The van der Waals surface area contributed by atoms with Gasteiger partial charge in [0.1, 0.15) is 5.75 Å². The summed E-state index contributed by atoms with van der Waals surface area (Å²) in [5.41, 5.74) is 0.458. The lowest BCUT2D eigenvalue weighted by Gasteiger charge is -2.13. The van der Waals surface area contributed by atoms with Crippen molar-refractivity contribution in [1.82, 2.24) is 0 Å². The van der Waals surface area contributed by atoms with Gasteiger partial charge in [-0.2, -0.15) is 0 Å². The second-order valence-electron chi connectivity index (χ2n) is 6.40. The highest BCUT2D eigenvalue weighted by Crippen LogP contribution is 2.29. The highest BCUT2D eigenvalue weighted by molar-refractivity contribution is 7.96. The van der Waals surface area contributed by atoms with E-state index < -0.39 is 36.6 Å². The first kappa shape index (κ1) is 20.6. The van der Waals surface area contributed by atoms with Crippen LogP contribution in [0.1, 0.15) is 16.8 Å². The van der Waals surface area contributed by atoms with E-state index in [2.05, 4.69) is 5.32 Å². The molecular weight excluding hydrogens is 426 g/mol. The van der Waals surface area contributed by atoms with Gasteiger partial charge in [-0.25, -0.2) is 16.8 Å². The topological polar surface area (TPSA) is 107 Å². The number of sulfone groups is 2. The lowest BCUT2D eigenvalue weighted by atomic mass is 10.2. The molecule has 0 saturated carbocycles. The minimum Gasteiger partial charge on any atom is -0.495 e. The van der Waals surface area contributed by atoms with Crippen LogP contribution in [0.25, 0.3) is 0 Å². The van der Waals surface area contributed by atoms with Crippen molar-refractivity contribution in [2.24, 2.45) is 0 Å². The van der Waals surface area contributed by atoms with Crippen LogP contribution >= 0.6 is 11.6 Å². The van der Waals surface area contributed by atoms with Crippen LogP contribution in [0.5, 0.6) is 5.75 Å². The Kier molecular flexibility index (Phi) is 5.69. The molecule has 1 atom stereocenters. The van der Waals surface area contributed by atoms with E-state index in [1.807, 2.05) is 0 Å². The predicted octanol–water partition coefficient (Wildman–Crippen LogP) is 2.56. The largest absolute Gasteiger partial charge is 0.495 e. The van der Waals surface area contributed by atoms with Gasteiger partial charge in [-0.1, -0.05) is 17.7 Å². The lowest BCUT2D eigenvalue weighted by Crippen LogP contribution is -2.23. The molecular formula is C18H18ClNO6S2. The number of halogens is 1. The monoisotopic (exact) mass is 443 g/mol. The van der Waals surface area contributed by atoms with Crippen molar-refractivity contribution in [1.29, 1.82) is 0 Å². The number of ether oxygens (including phenoxy) is 1. The summed E-state index contributed by atoms with van der Waals surface area (Å²) in [5.74, 6) is -0.689. The molecule has 1 N–H and O–H groups in total. The smallest absolute Gasteiger partial charge is 0.255 e. The first-order valence-electron chi connectivity index (χ1n) is 8.32. The van der Waals surface area contributed by atoms with Gasteiger partial charge < -0.3 is 10.1 Å². The van der Waals surface area contributed by atoms with E-state index in [0.717, 1.165) is 0 Å². The summed E-state index contributed by atoms with van der Waals surface area (Å²) >= 11 is 5.95. The maximum atomic E-state index is 12.8. The third-order valence-electron chi connectivity index (χ3n) is 4.46. The number of rotatable bonds is 5. The Bertz CT molecular complexity index is 1130. The number of carbonyl (C=O) groups is 1. The fourth-order valence-electron chi connectivity index (χ4n) is 2.98. The van der Waals surface area contributed by atoms with Crippen LogP contribution in [0.3, 0.4) is 0 Å². The fraction of sp³-hybridized carbons (Fsp3) is 0.278. The molecule has 0 aliphatic carbocycles. The number of anilines is 1. The third-order valence-corrected chi connectivity index (χ3v) is 8.87. The SMILES string of the molecule is COc1ccc(Cl)cc1NC(=O)c1cccc(S(=O)(=O)[C@H]2CCS(=O)(=O)C2)c1. The molecule has 3 rings (SSSR count). The van der Waals surface area contributed by atoms with Crippen molar-refractivity contribution >= 4 is 42.9 Å². The number of hydrogen-bond acceptors (Lipinski definition) is 6. The Labute approximate surface area is 168 Å². The van der Waals surface area contributed by atoms with Gasteiger partial charge in [-0.05, 0) is 42.8 Å². The minimum absolute atomic E-state index is 0.0564. The molecule has 10 heteroatoms. The molecule has 1 heterocycles. The van der Waals surface area contributed by atoms with Crippen LogP contribution < -0.4 is 10.1 Å². The number of benzene rings is 2. The van der Waals surface area contributed by atoms with Gasteiger partial charge >= 0.3 is 0 Å². The summed E-state index contributed by atoms with van der Waals surface area (Å²) in [4.78, 5) is 12.5. The van der Waals surface area contributed by atoms with E-state index in [4.69, 9.17) is 16.3 Å².